The van der Waals surface area contributed by atoms with Crippen molar-refractivity contribution in [2.24, 2.45) is 5.73 Å². The van der Waals surface area contributed by atoms with Crippen molar-refractivity contribution >= 4 is 0 Å². The number of halogens is 2. The van der Waals surface area contributed by atoms with Crippen molar-refractivity contribution in [3.8, 4) is 0 Å². The Morgan fingerprint density at radius 3 is 2.44 bits per heavy atom. The molecular formula is C12H16F2N2. The number of aromatic nitrogens is 1. The van der Waals surface area contributed by atoms with E-state index in [1.54, 1.807) is 6.20 Å². The van der Waals surface area contributed by atoms with Crippen molar-refractivity contribution in [1.82, 2.24) is 4.98 Å². The van der Waals surface area contributed by atoms with E-state index in [1.165, 1.54) is 0 Å². The van der Waals surface area contributed by atoms with E-state index in [4.69, 9.17) is 5.73 Å². The zero-order valence-electron chi connectivity index (χ0n) is 9.34. The molecule has 1 saturated carbocycles. The van der Waals surface area contributed by atoms with Crippen LogP contribution in [-0.2, 0) is 5.54 Å². The number of nitrogens with zero attached hydrogens (tertiary/aromatic N) is 1. The predicted molar refractivity (Wildman–Crippen MR) is 58.3 cm³/mol. The van der Waals surface area contributed by atoms with Gasteiger partial charge in [-0.15, -0.1) is 0 Å². The van der Waals surface area contributed by atoms with E-state index in [9.17, 15) is 8.78 Å². The van der Waals surface area contributed by atoms with E-state index in [0.717, 1.165) is 11.3 Å². The van der Waals surface area contributed by atoms with Crippen molar-refractivity contribution in [2.45, 2.75) is 44.1 Å². The van der Waals surface area contributed by atoms with Crippen LogP contribution >= 0.6 is 0 Å². The Kier molecular flexibility index (Phi) is 2.70. The maximum atomic E-state index is 13.1. The molecule has 1 aliphatic rings. The molecule has 16 heavy (non-hydrogen) atoms. The predicted octanol–water partition coefficient (Wildman–Crippen LogP) is 2.75. The topological polar surface area (TPSA) is 38.9 Å². The number of pyridine rings is 1. The quantitative estimate of drug-likeness (QED) is 0.799. The standard InChI is InChI=1S/C12H16F2N2/c1-9-2-7-16-10(8-9)11(15)3-5-12(13,14)6-4-11/h2,7-8H,3-6,15H2,1H3. The molecule has 0 saturated heterocycles. The highest BCUT2D eigenvalue weighted by Crippen LogP contribution is 2.41. The van der Waals surface area contributed by atoms with Crippen LogP contribution in [0.4, 0.5) is 8.78 Å². The Bertz CT molecular complexity index is 380. The third kappa shape index (κ3) is 2.21. The van der Waals surface area contributed by atoms with Gasteiger partial charge in [-0.3, -0.25) is 4.98 Å². The summed E-state index contributed by atoms with van der Waals surface area (Å²) in [4.78, 5) is 4.21. The first kappa shape index (κ1) is 11.5. The molecule has 1 aliphatic carbocycles. The van der Waals surface area contributed by atoms with Gasteiger partial charge in [0.2, 0.25) is 5.92 Å². The summed E-state index contributed by atoms with van der Waals surface area (Å²) in [5.74, 6) is -2.55. The van der Waals surface area contributed by atoms with Crippen molar-refractivity contribution in [3.05, 3.63) is 29.6 Å². The lowest BCUT2D eigenvalue weighted by atomic mass is 9.78. The lowest BCUT2D eigenvalue weighted by Crippen LogP contribution is -2.44. The fraction of sp³-hybridized carbons (Fsp3) is 0.583. The van der Waals surface area contributed by atoms with Crippen LogP contribution in [0.3, 0.4) is 0 Å². The van der Waals surface area contributed by atoms with Gasteiger partial charge in [0.25, 0.3) is 0 Å². The molecule has 2 N–H and O–H groups in total. The molecule has 2 rings (SSSR count). The molecule has 0 atom stereocenters. The fourth-order valence-corrected chi connectivity index (χ4v) is 2.13. The van der Waals surface area contributed by atoms with E-state index in [2.05, 4.69) is 4.98 Å². The molecule has 2 nitrogen and oxygen atoms in total. The average molecular weight is 226 g/mol. The molecule has 0 aliphatic heterocycles. The van der Waals surface area contributed by atoms with Crippen molar-refractivity contribution in [2.75, 3.05) is 0 Å². The number of hydrogen-bond donors (Lipinski definition) is 1. The SMILES string of the molecule is Cc1ccnc(C2(N)CCC(F)(F)CC2)c1. The average Bonchev–Trinajstić information content (AvgIpc) is 2.23. The van der Waals surface area contributed by atoms with Crippen LogP contribution in [0, 0.1) is 6.92 Å². The smallest absolute Gasteiger partial charge is 0.248 e. The molecule has 0 unspecified atom stereocenters. The molecule has 88 valence electrons. The maximum Gasteiger partial charge on any atom is 0.248 e. The van der Waals surface area contributed by atoms with E-state index in [1.807, 2.05) is 19.1 Å². The summed E-state index contributed by atoms with van der Waals surface area (Å²) in [7, 11) is 0. The van der Waals surface area contributed by atoms with Crippen LogP contribution < -0.4 is 5.73 Å². The van der Waals surface area contributed by atoms with E-state index >= 15 is 0 Å². The van der Waals surface area contributed by atoms with E-state index in [0.29, 0.717) is 12.8 Å². The Morgan fingerprint density at radius 2 is 1.88 bits per heavy atom. The second kappa shape index (κ2) is 3.77. The summed E-state index contributed by atoms with van der Waals surface area (Å²) < 4.78 is 26.1. The van der Waals surface area contributed by atoms with Crippen LogP contribution in [0.2, 0.25) is 0 Å². The number of rotatable bonds is 1. The summed E-state index contributed by atoms with van der Waals surface area (Å²) >= 11 is 0. The normalized spacial score (nSPS) is 23.0. The van der Waals surface area contributed by atoms with Crippen molar-refractivity contribution < 1.29 is 8.78 Å². The van der Waals surface area contributed by atoms with E-state index in [-0.39, 0.29) is 12.8 Å². The monoisotopic (exact) mass is 226 g/mol. The summed E-state index contributed by atoms with van der Waals surface area (Å²) in [6, 6.07) is 3.77. The highest BCUT2D eigenvalue weighted by atomic mass is 19.3. The molecule has 0 amide bonds. The molecule has 4 heteroatoms. The van der Waals surface area contributed by atoms with Gasteiger partial charge in [0.1, 0.15) is 0 Å². The van der Waals surface area contributed by atoms with Gasteiger partial charge in [-0.05, 0) is 37.5 Å². The molecule has 0 aromatic carbocycles. The number of nitrogens with two attached hydrogens (primary N) is 1. The Hall–Kier alpha value is -1.03. The minimum Gasteiger partial charge on any atom is -0.320 e. The zero-order valence-corrected chi connectivity index (χ0v) is 9.34. The van der Waals surface area contributed by atoms with Gasteiger partial charge in [-0.1, -0.05) is 0 Å². The van der Waals surface area contributed by atoms with Gasteiger partial charge in [-0.2, -0.15) is 0 Å². The second-order valence-corrected chi connectivity index (χ2v) is 4.73. The van der Waals surface area contributed by atoms with Crippen molar-refractivity contribution in [1.29, 1.82) is 0 Å². The Balaban J connectivity index is 2.21. The number of alkyl halides is 2. The Labute approximate surface area is 93.9 Å². The van der Waals surface area contributed by atoms with Gasteiger partial charge >= 0.3 is 0 Å². The molecule has 0 spiro atoms. The highest BCUT2D eigenvalue weighted by Gasteiger charge is 2.42. The van der Waals surface area contributed by atoms with Crippen LogP contribution in [0.1, 0.15) is 36.9 Å². The van der Waals surface area contributed by atoms with Crippen LogP contribution in [0.15, 0.2) is 18.3 Å². The molecule has 1 aromatic rings. The van der Waals surface area contributed by atoms with Crippen LogP contribution in [0.25, 0.3) is 0 Å². The largest absolute Gasteiger partial charge is 0.320 e. The molecule has 1 aromatic heterocycles. The zero-order chi connectivity index (χ0) is 11.8. The molecule has 1 fully saturated rings. The van der Waals surface area contributed by atoms with E-state index < -0.39 is 11.5 Å². The van der Waals surface area contributed by atoms with Crippen LogP contribution in [-0.4, -0.2) is 10.9 Å². The highest BCUT2D eigenvalue weighted by molar-refractivity contribution is 5.22. The summed E-state index contributed by atoms with van der Waals surface area (Å²) in [5, 5.41) is 0. The number of aryl methyl sites for hydroxylation is 1. The van der Waals surface area contributed by atoms with Gasteiger partial charge in [0, 0.05) is 19.0 Å². The van der Waals surface area contributed by atoms with Gasteiger partial charge in [0.05, 0.1) is 11.2 Å². The van der Waals surface area contributed by atoms with Crippen molar-refractivity contribution in [3.63, 3.8) is 0 Å². The first-order valence-electron chi connectivity index (χ1n) is 5.51. The minimum absolute atomic E-state index is 0.140. The summed E-state index contributed by atoms with van der Waals surface area (Å²) in [5.41, 5.74) is 7.30. The van der Waals surface area contributed by atoms with Gasteiger partial charge < -0.3 is 5.73 Å². The summed E-state index contributed by atoms with van der Waals surface area (Å²) in [6.07, 6.45) is 2.01. The maximum absolute atomic E-state index is 13.1. The second-order valence-electron chi connectivity index (χ2n) is 4.73. The fourth-order valence-electron chi connectivity index (χ4n) is 2.13. The minimum atomic E-state index is -2.55. The molecular weight excluding hydrogens is 210 g/mol. The van der Waals surface area contributed by atoms with Gasteiger partial charge in [-0.25, -0.2) is 8.78 Å². The third-order valence-corrected chi connectivity index (χ3v) is 3.30. The van der Waals surface area contributed by atoms with Gasteiger partial charge in [0.15, 0.2) is 0 Å². The summed E-state index contributed by atoms with van der Waals surface area (Å²) in [6.45, 7) is 1.95. The lowest BCUT2D eigenvalue weighted by molar-refractivity contribution is -0.0519. The number of hydrogen-bond acceptors (Lipinski definition) is 2. The first-order chi connectivity index (χ1) is 7.41. The lowest BCUT2D eigenvalue weighted by Gasteiger charge is -2.36. The third-order valence-electron chi connectivity index (χ3n) is 3.30. The molecule has 0 bridgehead atoms. The Morgan fingerprint density at radius 1 is 1.25 bits per heavy atom. The molecule has 0 radical (unpaired) electrons. The molecule has 1 heterocycles. The van der Waals surface area contributed by atoms with Crippen LogP contribution in [0.5, 0.6) is 0 Å². The first-order valence-corrected chi connectivity index (χ1v) is 5.51.